The van der Waals surface area contributed by atoms with Crippen molar-refractivity contribution in [1.82, 2.24) is 0 Å². The molecule has 0 unspecified atom stereocenters. The van der Waals surface area contributed by atoms with Crippen LogP contribution < -0.4 is 5.32 Å². The number of aromatic carboxylic acids is 1. The summed E-state index contributed by atoms with van der Waals surface area (Å²) >= 11 is 9.38. The molecule has 98 valence electrons. The van der Waals surface area contributed by atoms with Crippen molar-refractivity contribution in [3.8, 4) is 0 Å². The summed E-state index contributed by atoms with van der Waals surface area (Å²) in [6.45, 7) is 1.85. The van der Waals surface area contributed by atoms with Gasteiger partial charge in [0.25, 0.3) is 0 Å². The second kappa shape index (κ2) is 5.63. The number of benzene rings is 2. The van der Waals surface area contributed by atoms with Crippen molar-refractivity contribution in [2.45, 2.75) is 6.92 Å². The van der Waals surface area contributed by atoms with Gasteiger partial charge in [-0.3, -0.25) is 0 Å². The molecule has 0 radical (unpaired) electrons. The van der Waals surface area contributed by atoms with Gasteiger partial charge in [-0.1, -0.05) is 29.3 Å². The molecule has 0 aliphatic heterocycles. The monoisotopic (exact) mass is 339 g/mol. The third-order valence-corrected chi connectivity index (χ3v) is 4.02. The molecule has 0 aromatic heterocycles. The topological polar surface area (TPSA) is 49.3 Å². The Morgan fingerprint density at radius 3 is 2.68 bits per heavy atom. The van der Waals surface area contributed by atoms with Crippen molar-refractivity contribution in [1.29, 1.82) is 0 Å². The third kappa shape index (κ3) is 3.08. The Morgan fingerprint density at radius 2 is 2.00 bits per heavy atom. The Labute approximate surface area is 124 Å². The maximum atomic E-state index is 11.2. The first-order valence-electron chi connectivity index (χ1n) is 5.54. The average Bonchev–Trinajstić information content (AvgIpc) is 2.36. The van der Waals surface area contributed by atoms with E-state index in [1.807, 2.05) is 19.1 Å². The zero-order valence-electron chi connectivity index (χ0n) is 10.1. The molecule has 0 atom stereocenters. The van der Waals surface area contributed by atoms with E-state index in [0.29, 0.717) is 15.2 Å². The molecule has 0 bridgehead atoms. The van der Waals surface area contributed by atoms with Crippen LogP contribution >= 0.6 is 27.5 Å². The van der Waals surface area contributed by atoms with E-state index in [9.17, 15) is 9.90 Å². The number of hydrogen-bond donors (Lipinski definition) is 2. The van der Waals surface area contributed by atoms with Crippen molar-refractivity contribution in [2.75, 3.05) is 5.32 Å². The van der Waals surface area contributed by atoms with Gasteiger partial charge in [0.1, 0.15) is 0 Å². The Morgan fingerprint density at radius 1 is 1.26 bits per heavy atom. The number of aryl methyl sites for hydroxylation is 1. The van der Waals surface area contributed by atoms with E-state index in [1.165, 1.54) is 0 Å². The number of halogens is 2. The molecule has 19 heavy (non-hydrogen) atoms. The van der Waals surface area contributed by atoms with Crippen LogP contribution in [0.5, 0.6) is 0 Å². The Balaban J connectivity index is 2.44. The highest BCUT2D eigenvalue weighted by Crippen LogP contribution is 2.33. The van der Waals surface area contributed by atoms with Gasteiger partial charge in [0.15, 0.2) is 0 Å². The molecule has 0 fully saturated rings. The predicted octanol–water partition coefficient (Wildman–Crippen LogP) is 4.85. The molecule has 5 heteroatoms. The van der Waals surface area contributed by atoms with Crippen LogP contribution in [-0.2, 0) is 0 Å². The highest BCUT2D eigenvalue weighted by molar-refractivity contribution is 9.10. The maximum absolute atomic E-state index is 11.2. The molecule has 0 saturated heterocycles. The van der Waals surface area contributed by atoms with Gasteiger partial charge in [0.2, 0.25) is 0 Å². The lowest BCUT2D eigenvalue weighted by Gasteiger charge is -2.12. The fourth-order valence-corrected chi connectivity index (χ4v) is 2.23. The molecule has 0 saturated carbocycles. The molecule has 2 rings (SSSR count). The number of anilines is 2. The zero-order valence-corrected chi connectivity index (χ0v) is 12.4. The van der Waals surface area contributed by atoms with Crippen molar-refractivity contribution in [2.24, 2.45) is 0 Å². The van der Waals surface area contributed by atoms with Gasteiger partial charge in [0.05, 0.1) is 26.4 Å². The van der Waals surface area contributed by atoms with E-state index in [-0.39, 0.29) is 5.56 Å². The quantitative estimate of drug-likeness (QED) is 0.839. The summed E-state index contributed by atoms with van der Waals surface area (Å²) in [5.41, 5.74) is 2.37. The highest BCUT2D eigenvalue weighted by Gasteiger charge is 2.12. The van der Waals surface area contributed by atoms with Gasteiger partial charge in [-0.15, -0.1) is 0 Å². The molecule has 0 aliphatic carbocycles. The number of carboxylic acids is 1. The summed E-state index contributed by atoms with van der Waals surface area (Å²) in [4.78, 5) is 11.2. The van der Waals surface area contributed by atoms with Crippen molar-refractivity contribution >= 4 is 44.9 Å². The van der Waals surface area contributed by atoms with Crippen LogP contribution in [0.4, 0.5) is 11.4 Å². The molecule has 0 amide bonds. The van der Waals surface area contributed by atoms with E-state index in [2.05, 4.69) is 21.2 Å². The van der Waals surface area contributed by atoms with Crippen LogP contribution in [0.25, 0.3) is 0 Å². The number of rotatable bonds is 3. The largest absolute Gasteiger partial charge is 0.478 e. The van der Waals surface area contributed by atoms with Crippen LogP contribution in [0.15, 0.2) is 40.9 Å². The summed E-state index contributed by atoms with van der Waals surface area (Å²) < 4.78 is 0.702. The molecular formula is C14H11BrClNO2. The van der Waals surface area contributed by atoms with Gasteiger partial charge in [-0.25, -0.2) is 4.79 Å². The van der Waals surface area contributed by atoms with Crippen molar-refractivity contribution < 1.29 is 9.90 Å². The third-order valence-electron chi connectivity index (χ3n) is 2.63. The molecule has 0 aliphatic rings. The maximum Gasteiger partial charge on any atom is 0.337 e. The van der Waals surface area contributed by atoms with E-state index in [0.717, 1.165) is 11.3 Å². The lowest BCUT2D eigenvalue weighted by Crippen LogP contribution is -2.03. The zero-order chi connectivity index (χ0) is 14.0. The predicted molar refractivity (Wildman–Crippen MR) is 80.6 cm³/mol. The normalized spacial score (nSPS) is 10.3. The number of hydrogen-bond acceptors (Lipinski definition) is 2. The number of carboxylic acid groups (broad SMARTS) is 1. The SMILES string of the molecule is Cc1ccc(Nc2cccc(Cl)c2Br)c(C(=O)O)c1. The first-order chi connectivity index (χ1) is 8.99. The highest BCUT2D eigenvalue weighted by atomic mass is 79.9. The molecule has 2 aromatic rings. The van der Waals surface area contributed by atoms with Gasteiger partial charge in [0, 0.05) is 0 Å². The summed E-state index contributed by atoms with van der Waals surface area (Å²) in [6, 6.07) is 10.6. The minimum Gasteiger partial charge on any atom is -0.478 e. The first kappa shape index (κ1) is 13.9. The fraction of sp³-hybridized carbons (Fsp3) is 0.0714. The second-order valence-corrected chi connectivity index (χ2v) is 5.28. The Hall–Kier alpha value is -1.52. The first-order valence-corrected chi connectivity index (χ1v) is 6.71. The minimum absolute atomic E-state index is 0.229. The van der Waals surface area contributed by atoms with Crippen LogP contribution in [0, 0.1) is 6.92 Å². The lowest BCUT2D eigenvalue weighted by atomic mass is 10.1. The number of carbonyl (C=O) groups is 1. The lowest BCUT2D eigenvalue weighted by molar-refractivity contribution is 0.0698. The molecule has 2 N–H and O–H groups in total. The molecule has 2 aromatic carbocycles. The minimum atomic E-state index is -0.968. The molecule has 0 spiro atoms. The molecule has 0 heterocycles. The standard InChI is InChI=1S/C14H11BrClNO2/c1-8-5-6-11(9(7-8)14(18)19)17-12-4-2-3-10(16)13(12)15/h2-7,17H,1H3,(H,18,19). The number of nitrogens with one attached hydrogen (secondary N) is 1. The van der Waals surface area contributed by atoms with Crippen molar-refractivity contribution in [3.63, 3.8) is 0 Å². The van der Waals surface area contributed by atoms with Crippen LogP contribution in [0.2, 0.25) is 5.02 Å². The van der Waals surface area contributed by atoms with Crippen LogP contribution in [0.3, 0.4) is 0 Å². The summed E-state index contributed by atoms with van der Waals surface area (Å²) in [7, 11) is 0. The average molecular weight is 341 g/mol. The second-order valence-electron chi connectivity index (χ2n) is 4.08. The Bertz CT molecular complexity index is 643. The van der Waals surface area contributed by atoms with Gasteiger partial charge in [-0.2, -0.15) is 0 Å². The van der Waals surface area contributed by atoms with E-state index in [4.69, 9.17) is 11.6 Å². The molecular weight excluding hydrogens is 330 g/mol. The summed E-state index contributed by atoms with van der Waals surface area (Å²) in [5.74, 6) is -0.968. The summed E-state index contributed by atoms with van der Waals surface area (Å²) in [6.07, 6.45) is 0. The van der Waals surface area contributed by atoms with Gasteiger partial charge in [-0.05, 0) is 47.1 Å². The van der Waals surface area contributed by atoms with Gasteiger partial charge < -0.3 is 10.4 Å². The van der Waals surface area contributed by atoms with Crippen LogP contribution in [-0.4, -0.2) is 11.1 Å². The Kier molecular flexibility index (Phi) is 4.12. The van der Waals surface area contributed by atoms with Gasteiger partial charge >= 0.3 is 5.97 Å². The fourth-order valence-electron chi connectivity index (χ4n) is 1.69. The van der Waals surface area contributed by atoms with Crippen molar-refractivity contribution in [3.05, 3.63) is 57.0 Å². The van der Waals surface area contributed by atoms with E-state index >= 15 is 0 Å². The van der Waals surface area contributed by atoms with E-state index in [1.54, 1.807) is 24.3 Å². The summed E-state index contributed by atoms with van der Waals surface area (Å²) in [5, 5.41) is 12.9. The molecule has 3 nitrogen and oxygen atoms in total. The van der Waals surface area contributed by atoms with Crippen LogP contribution in [0.1, 0.15) is 15.9 Å². The van der Waals surface area contributed by atoms with E-state index < -0.39 is 5.97 Å². The smallest absolute Gasteiger partial charge is 0.337 e.